The predicted molar refractivity (Wildman–Crippen MR) is 94.6 cm³/mol. The number of nitrogens with zero attached hydrogens (tertiary/aromatic N) is 4. The number of carboxylic acids is 1. The summed E-state index contributed by atoms with van der Waals surface area (Å²) in [6.45, 7) is 4.19. The molecule has 0 radical (unpaired) electrons. The molecule has 1 unspecified atom stereocenters. The van der Waals surface area contributed by atoms with Crippen LogP contribution in [0.3, 0.4) is 0 Å². The van der Waals surface area contributed by atoms with Gasteiger partial charge in [0, 0.05) is 32.0 Å². The fraction of sp³-hybridized carbons (Fsp3) is 0.529. The number of aromatic nitrogens is 3. The van der Waals surface area contributed by atoms with Crippen molar-refractivity contribution in [1.29, 1.82) is 0 Å². The van der Waals surface area contributed by atoms with Crippen LogP contribution in [-0.2, 0) is 20.8 Å². The fourth-order valence-corrected chi connectivity index (χ4v) is 3.27. The Hall–Kier alpha value is -2.68. The van der Waals surface area contributed by atoms with Gasteiger partial charge in [0.25, 0.3) is 0 Å². The highest BCUT2D eigenvalue weighted by Gasteiger charge is 2.29. The van der Waals surface area contributed by atoms with Gasteiger partial charge < -0.3 is 19.9 Å². The Morgan fingerprint density at radius 2 is 2.19 bits per heavy atom. The summed E-state index contributed by atoms with van der Waals surface area (Å²) in [5.41, 5.74) is 2.29. The molecule has 9 heteroatoms. The maximum atomic E-state index is 11.2. The molecule has 0 amide bonds. The van der Waals surface area contributed by atoms with Gasteiger partial charge in [0.2, 0.25) is 5.90 Å². The number of aryl methyl sites for hydroxylation is 1. The Labute approximate surface area is 150 Å². The number of pyridine rings is 1. The van der Waals surface area contributed by atoms with Crippen LogP contribution in [0.25, 0.3) is 11.0 Å². The topological polar surface area (TPSA) is 111 Å². The number of ether oxygens (including phenoxy) is 2. The monoisotopic (exact) mass is 359 g/mol. The van der Waals surface area contributed by atoms with Crippen LogP contribution < -0.4 is 5.32 Å². The summed E-state index contributed by atoms with van der Waals surface area (Å²) in [4.78, 5) is 19.9. The Kier molecular flexibility index (Phi) is 4.46. The third-order valence-corrected chi connectivity index (χ3v) is 4.70. The van der Waals surface area contributed by atoms with Crippen molar-refractivity contribution in [3.63, 3.8) is 0 Å². The summed E-state index contributed by atoms with van der Waals surface area (Å²) in [6, 6.07) is -0.620. The van der Waals surface area contributed by atoms with Crippen molar-refractivity contribution >= 4 is 28.6 Å². The lowest BCUT2D eigenvalue weighted by Crippen LogP contribution is -2.28. The smallest absolute Gasteiger partial charge is 0.332 e. The van der Waals surface area contributed by atoms with Crippen molar-refractivity contribution in [2.45, 2.75) is 38.4 Å². The second-order valence-corrected chi connectivity index (χ2v) is 6.37. The second-order valence-electron chi connectivity index (χ2n) is 6.37. The van der Waals surface area contributed by atoms with E-state index in [1.54, 1.807) is 12.4 Å². The zero-order valence-electron chi connectivity index (χ0n) is 14.5. The van der Waals surface area contributed by atoms with E-state index >= 15 is 0 Å². The molecule has 4 rings (SSSR count). The highest BCUT2D eigenvalue weighted by atomic mass is 16.5. The van der Waals surface area contributed by atoms with Crippen LogP contribution in [0, 0.1) is 0 Å². The van der Waals surface area contributed by atoms with Gasteiger partial charge in [-0.15, -0.1) is 0 Å². The van der Waals surface area contributed by atoms with Crippen LogP contribution in [-0.4, -0.2) is 63.6 Å². The van der Waals surface area contributed by atoms with Crippen molar-refractivity contribution in [3.8, 4) is 0 Å². The Bertz CT molecular complexity index is 856. The minimum Gasteiger partial charge on any atom is -0.480 e. The summed E-state index contributed by atoms with van der Waals surface area (Å²) in [5, 5.41) is 18.0. The summed E-state index contributed by atoms with van der Waals surface area (Å²) in [7, 11) is 0. The molecule has 0 bridgehead atoms. The van der Waals surface area contributed by atoms with Crippen molar-refractivity contribution in [1.82, 2.24) is 14.8 Å². The van der Waals surface area contributed by atoms with Crippen molar-refractivity contribution in [2.24, 2.45) is 4.99 Å². The van der Waals surface area contributed by atoms with Crippen LogP contribution >= 0.6 is 0 Å². The van der Waals surface area contributed by atoms with Crippen LogP contribution in [0.15, 0.2) is 17.4 Å². The molecule has 9 nitrogen and oxygen atoms in total. The van der Waals surface area contributed by atoms with Crippen LogP contribution in [0.5, 0.6) is 0 Å². The van der Waals surface area contributed by atoms with Gasteiger partial charge in [-0.1, -0.05) is 0 Å². The highest BCUT2D eigenvalue weighted by Crippen LogP contribution is 2.30. The fourth-order valence-electron chi connectivity index (χ4n) is 3.27. The summed E-state index contributed by atoms with van der Waals surface area (Å²) < 4.78 is 12.8. The van der Waals surface area contributed by atoms with E-state index in [0.29, 0.717) is 31.2 Å². The first-order chi connectivity index (χ1) is 12.7. The number of anilines is 1. The first-order valence-corrected chi connectivity index (χ1v) is 8.80. The minimum atomic E-state index is -0.994. The molecular weight excluding hydrogens is 338 g/mol. The Morgan fingerprint density at radius 1 is 1.38 bits per heavy atom. The molecule has 2 aromatic rings. The highest BCUT2D eigenvalue weighted by molar-refractivity contribution is 6.07. The van der Waals surface area contributed by atoms with Crippen molar-refractivity contribution in [2.75, 3.05) is 25.1 Å². The number of hydrogen-bond acceptors (Lipinski definition) is 7. The minimum absolute atomic E-state index is 0.0354. The average molecular weight is 359 g/mol. The summed E-state index contributed by atoms with van der Waals surface area (Å²) >= 11 is 0. The maximum Gasteiger partial charge on any atom is 0.332 e. The quantitative estimate of drug-likeness (QED) is 0.827. The molecule has 2 aromatic heterocycles. The predicted octanol–water partition coefficient (Wildman–Crippen LogP) is 1.27. The van der Waals surface area contributed by atoms with Gasteiger partial charge in [0.05, 0.1) is 22.8 Å². The SMILES string of the molecule is CCn1ncc2c(NC3CCOCC3)c(C3=NC(C(=O)O)CO3)cnc21. The third kappa shape index (κ3) is 2.98. The van der Waals surface area contributed by atoms with E-state index in [1.165, 1.54) is 0 Å². The van der Waals surface area contributed by atoms with Crippen LogP contribution in [0.4, 0.5) is 5.69 Å². The summed E-state index contributed by atoms with van der Waals surface area (Å²) in [5.74, 6) is -0.683. The third-order valence-electron chi connectivity index (χ3n) is 4.70. The van der Waals surface area contributed by atoms with E-state index < -0.39 is 12.0 Å². The number of nitrogens with one attached hydrogen (secondary N) is 1. The van der Waals surface area contributed by atoms with Gasteiger partial charge in [-0.25, -0.2) is 19.5 Å². The van der Waals surface area contributed by atoms with E-state index in [4.69, 9.17) is 14.6 Å². The molecule has 0 spiro atoms. The molecule has 1 fully saturated rings. The zero-order chi connectivity index (χ0) is 18.1. The first kappa shape index (κ1) is 16.8. The number of aliphatic carboxylic acids is 1. The van der Waals surface area contributed by atoms with E-state index in [-0.39, 0.29) is 12.6 Å². The zero-order valence-corrected chi connectivity index (χ0v) is 14.5. The molecule has 1 atom stereocenters. The van der Waals surface area contributed by atoms with Gasteiger partial charge in [0.15, 0.2) is 11.7 Å². The lowest BCUT2D eigenvalue weighted by atomic mass is 10.1. The van der Waals surface area contributed by atoms with Crippen LogP contribution in [0.2, 0.25) is 0 Å². The number of hydrogen-bond donors (Lipinski definition) is 2. The number of aliphatic imine (C=N–C) groups is 1. The number of carboxylic acid groups (broad SMARTS) is 1. The Morgan fingerprint density at radius 3 is 2.88 bits per heavy atom. The standard InChI is InChI=1S/C17H21N5O4/c1-2-22-15-11(8-19-22)14(20-10-3-5-25-6-4-10)12(7-18-15)16-21-13(9-26-16)17(23)24/h7-8,10,13H,2-6,9H2,1H3,(H,18,20)(H,23,24). The van der Waals surface area contributed by atoms with E-state index in [9.17, 15) is 4.79 Å². The van der Waals surface area contributed by atoms with Gasteiger partial charge in [0.1, 0.15) is 6.61 Å². The molecule has 0 aliphatic carbocycles. The first-order valence-electron chi connectivity index (χ1n) is 8.80. The largest absolute Gasteiger partial charge is 0.480 e. The van der Waals surface area contributed by atoms with E-state index in [0.717, 1.165) is 29.6 Å². The molecule has 0 saturated carbocycles. The Balaban J connectivity index is 1.77. The van der Waals surface area contributed by atoms with Gasteiger partial charge in [-0.05, 0) is 19.8 Å². The van der Waals surface area contributed by atoms with E-state index in [2.05, 4.69) is 20.4 Å². The molecule has 138 valence electrons. The van der Waals surface area contributed by atoms with Gasteiger partial charge in [-0.3, -0.25) is 0 Å². The van der Waals surface area contributed by atoms with Gasteiger partial charge >= 0.3 is 5.97 Å². The van der Waals surface area contributed by atoms with Crippen LogP contribution in [0.1, 0.15) is 25.3 Å². The number of carbonyl (C=O) groups is 1. The van der Waals surface area contributed by atoms with Crippen molar-refractivity contribution in [3.05, 3.63) is 18.0 Å². The molecule has 4 heterocycles. The molecule has 2 aliphatic heterocycles. The second kappa shape index (κ2) is 6.91. The molecule has 1 saturated heterocycles. The lowest BCUT2D eigenvalue weighted by molar-refractivity contribution is -0.138. The van der Waals surface area contributed by atoms with E-state index in [1.807, 2.05) is 11.6 Å². The number of rotatable bonds is 5. The number of fused-ring (bicyclic) bond motifs is 1. The maximum absolute atomic E-state index is 11.2. The molecule has 26 heavy (non-hydrogen) atoms. The summed E-state index contributed by atoms with van der Waals surface area (Å²) in [6.07, 6.45) is 5.26. The average Bonchev–Trinajstić information content (AvgIpc) is 3.30. The molecular formula is C17H21N5O4. The normalized spacial score (nSPS) is 20.8. The molecule has 2 N–H and O–H groups in total. The molecule has 2 aliphatic rings. The van der Waals surface area contributed by atoms with Gasteiger partial charge in [-0.2, -0.15) is 5.10 Å². The molecule has 0 aromatic carbocycles. The lowest BCUT2D eigenvalue weighted by Gasteiger charge is -2.25. The van der Waals surface area contributed by atoms with Crippen molar-refractivity contribution < 1.29 is 19.4 Å².